The second kappa shape index (κ2) is 7.21. The number of nitrogens with zero attached hydrogens (tertiary/aromatic N) is 6. The predicted molar refractivity (Wildman–Crippen MR) is 85.5 cm³/mol. The lowest BCUT2D eigenvalue weighted by Gasteiger charge is -2.23. The van der Waals surface area contributed by atoms with Crippen LogP contribution in [0.4, 0.5) is 0 Å². The van der Waals surface area contributed by atoms with Gasteiger partial charge in [0.1, 0.15) is 12.2 Å². The molecule has 23 heavy (non-hydrogen) atoms. The van der Waals surface area contributed by atoms with Gasteiger partial charge in [0.05, 0.1) is 12.6 Å². The first-order valence-electron chi connectivity index (χ1n) is 8.60. The van der Waals surface area contributed by atoms with Gasteiger partial charge in [0.15, 0.2) is 5.82 Å². The van der Waals surface area contributed by atoms with Crippen molar-refractivity contribution in [2.45, 2.75) is 65.6 Å². The first-order valence-corrected chi connectivity index (χ1v) is 8.60. The zero-order chi connectivity index (χ0) is 16.2. The topological polar surface area (TPSA) is 72.9 Å². The molecule has 0 amide bonds. The maximum Gasteiger partial charge on any atom is 0.240 e. The Hall–Kier alpha value is -1.76. The summed E-state index contributed by atoms with van der Waals surface area (Å²) >= 11 is 0. The summed E-state index contributed by atoms with van der Waals surface area (Å²) in [5.74, 6) is 3.15. The minimum Gasteiger partial charge on any atom is -0.338 e. The molecule has 2 aromatic heterocycles. The van der Waals surface area contributed by atoms with Crippen molar-refractivity contribution in [3.05, 3.63) is 23.9 Å². The molecule has 1 aliphatic heterocycles. The highest BCUT2D eigenvalue weighted by molar-refractivity contribution is 5.00. The van der Waals surface area contributed by atoms with E-state index in [9.17, 15) is 0 Å². The summed E-state index contributed by atoms with van der Waals surface area (Å²) in [6.45, 7) is 9.22. The highest BCUT2D eigenvalue weighted by Crippen LogP contribution is 2.32. The minimum atomic E-state index is 0.290. The van der Waals surface area contributed by atoms with Gasteiger partial charge in [-0.15, -0.1) is 10.2 Å². The van der Waals surface area contributed by atoms with Crippen molar-refractivity contribution in [3.8, 4) is 0 Å². The van der Waals surface area contributed by atoms with Crippen LogP contribution in [0.3, 0.4) is 0 Å². The van der Waals surface area contributed by atoms with Crippen LogP contribution < -0.4 is 0 Å². The molecule has 7 nitrogen and oxygen atoms in total. The smallest absolute Gasteiger partial charge is 0.240 e. The molecule has 0 N–H and O–H groups in total. The maximum absolute atomic E-state index is 5.39. The fraction of sp³-hybridized carbons (Fsp3) is 0.750. The summed E-state index contributed by atoms with van der Waals surface area (Å²) in [5, 5.41) is 12.6. The van der Waals surface area contributed by atoms with Crippen molar-refractivity contribution < 1.29 is 4.52 Å². The molecule has 0 spiro atoms. The van der Waals surface area contributed by atoms with Crippen LogP contribution in [-0.2, 0) is 19.5 Å². The molecule has 2 aromatic rings. The molecule has 0 unspecified atom stereocenters. The molecule has 126 valence electrons. The van der Waals surface area contributed by atoms with Crippen molar-refractivity contribution in [2.24, 2.45) is 5.92 Å². The van der Waals surface area contributed by atoms with E-state index in [4.69, 9.17) is 4.52 Å². The van der Waals surface area contributed by atoms with E-state index in [1.807, 2.05) is 6.33 Å². The Morgan fingerprint density at radius 3 is 3.04 bits per heavy atom. The summed E-state index contributed by atoms with van der Waals surface area (Å²) in [7, 11) is 0. The summed E-state index contributed by atoms with van der Waals surface area (Å²) in [4.78, 5) is 6.87. The van der Waals surface area contributed by atoms with Gasteiger partial charge in [0.25, 0.3) is 0 Å². The molecule has 0 aliphatic carbocycles. The lowest BCUT2D eigenvalue weighted by atomic mass is 10.2. The van der Waals surface area contributed by atoms with E-state index in [-0.39, 0.29) is 6.04 Å². The number of hydrogen-bond acceptors (Lipinski definition) is 6. The quantitative estimate of drug-likeness (QED) is 0.781. The van der Waals surface area contributed by atoms with Crippen molar-refractivity contribution in [2.75, 3.05) is 6.54 Å². The van der Waals surface area contributed by atoms with Gasteiger partial charge in [-0.1, -0.05) is 25.9 Å². The molecule has 1 atom stereocenters. The van der Waals surface area contributed by atoms with E-state index in [1.165, 1.54) is 0 Å². The number of hydrogen-bond donors (Lipinski definition) is 0. The van der Waals surface area contributed by atoms with Crippen molar-refractivity contribution in [1.29, 1.82) is 0 Å². The third-order valence-corrected chi connectivity index (χ3v) is 4.19. The van der Waals surface area contributed by atoms with E-state index in [1.54, 1.807) is 0 Å². The first kappa shape index (κ1) is 16.1. The second-order valence-corrected chi connectivity index (χ2v) is 6.72. The lowest BCUT2D eigenvalue weighted by Crippen LogP contribution is -2.26. The second-order valence-electron chi connectivity index (χ2n) is 6.72. The molecule has 7 heteroatoms. The fourth-order valence-corrected chi connectivity index (χ4v) is 3.22. The normalized spacial score (nSPS) is 19.0. The Morgan fingerprint density at radius 1 is 1.39 bits per heavy atom. The summed E-state index contributed by atoms with van der Waals surface area (Å²) < 4.78 is 7.58. The zero-order valence-corrected chi connectivity index (χ0v) is 14.3. The number of aromatic nitrogens is 5. The molecule has 3 rings (SSSR count). The Bertz CT molecular complexity index is 620. The Kier molecular flexibility index (Phi) is 5.05. The largest absolute Gasteiger partial charge is 0.338 e. The van der Waals surface area contributed by atoms with E-state index < -0.39 is 0 Å². The molecular weight excluding hydrogens is 292 g/mol. The van der Waals surface area contributed by atoms with E-state index in [0.29, 0.717) is 18.4 Å². The average Bonchev–Trinajstić information content (AvgIpc) is 3.21. The van der Waals surface area contributed by atoms with E-state index in [0.717, 1.165) is 50.4 Å². The van der Waals surface area contributed by atoms with Crippen LogP contribution in [0.15, 0.2) is 10.9 Å². The monoisotopic (exact) mass is 318 g/mol. The molecule has 1 aliphatic rings. The molecule has 3 heterocycles. The van der Waals surface area contributed by atoms with Crippen LogP contribution in [0.2, 0.25) is 0 Å². The lowest BCUT2D eigenvalue weighted by molar-refractivity contribution is 0.201. The molecule has 1 saturated heterocycles. The highest BCUT2D eigenvalue weighted by Gasteiger charge is 2.31. The molecule has 0 saturated carbocycles. The summed E-state index contributed by atoms with van der Waals surface area (Å²) in [6.07, 6.45) is 6.01. The van der Waals surface area contributed by atoms with Crippen molar-refractivity contribution in [3.63, 3.8) is 0 Å². The number of likely N-dealkylation sites (tertiary alicyclic amines) is 1. The summed E-state index contributed by atoms with van der Waals surface area (Å²) in [5.41, 5.74) is 0. The average molecular weight is 318 g/mol. The molecular formula is C16H26N6O. The Balaban J connectivity index is 1.71. The van der Waals surface area contributed by atoms with Gasteiger partial charge in [0.2, 0.25) is 5.89 Å². The fourth-order valence-electron chi connectivity index (χ4n) is 3.22. The van der Waals surface area contributed by atoms with Crippen LogP contribution in [0.5, 0.6) is 0 Å². The molecule has 1 fully saturated rings. The van der Waals surface area contributed by atoms with Gasteiger partial charge in [-0.25, -0.2) is 0 Å². The van der Waals surface area contributed by atoms with Crippen LogP contribution in [0.25, 0.3) is 0 Å². The van der Waals surface area contributed by atoms with Gasteiger partial charge >= 0.3 is 0 Å². The van der Waals surface area contributed by atoms with Gasteiger partial charge < -0.3 is 9.09 Å². The van der Waals surface area contributed by atoms with Crippen LogP contribution >= 0.6 is 0 Å². The molecule has 0 radical (unpaired) electrons. The van der Waals surface area contributed by atoms with Gasteiger partial charge in [0, 0.05) is 13.0 Å². The van der Waals surface area contributed by atoms with Crippen LogP contribution in [0.1, 0.15) is 63.6 Å². The molecule has 0 bridgehead atoms. The first-order chi connectivity index (χ1) is 11.2. The van der Waals surface area contributed by atoms with Gasteiger partial charge in [-0.2, -0.15) is 4.98 Å². The third kappa shape index (κ3) is 3.77. The van der Waals surface area contributed by atoms with Gasteiger partial charge in [-0.3, -0.25) is 4.90 Å². The highest BCUT2D eigenvalue weighted by atomic mass is 16.5. The number of rotatable bonds is 7. The van der Waals surface area contributed by atoms with Gasteiger partial charge in [-0.05, 0) is 31.7 Å². The van der Waals surface area contributed by atoms with Crippen molar-refractivity contribution in [1.82, 2.24) is 29.8 Å². The van der Waals surface area contributed by atoms with E-state index in [2.05, 4.69) is 50.6 Å². The minimum absolute atomic E-state index is 0.290. The maximum atomic E-state index is 5.39. The Labute approximate surface area is 137 Å². The van der Waals surface area contributed by atoms with E-state index >= 15 is 0 Å². The standard InChI is InChI=1S/C16H26N6O/c1-4-6-14-18-15(23-20-14)10-21-8-5-7-13(21)16-19-17-11-22(16)9-12(2)3/h11-13H,4-10H2,1-3H3/t13-/m0/s1. The molecule has 0 aromatic carbocycles. The third-order valence-electron chi connectivity index (χ3n) is 4.19. The SMILES string of the molecule is CCCc1noc(CN2CCC[C@H]2c2nncn2CC(C)C)n1. The predicted octanol–water partition coefficient (Wildman–Crippen LogP) is 2.61. The number of aryl methyl sites for hydroxylation is 1. The van der Waals surface area contributed by atoms with Crippen molar-refractivity contribution >= 4 is 0 Å². The zero-order valence-electron chi connectivity index (χ0n) is 14.3. The van der Waals surface area contributed by atoms with Crippen LogP contribution in [-0.4, -0.2) is 36.3 Å². The van der Waals surface area contributed by atoms with Crippen LogP contribution in [0, 0.1) is 5.92 Å². The summed E-state index contributed by atoms with van der Waals surface area (Å²) in [6, 6.07) is 0.290. The Morgan fingerprint density at radius 2 is 2.26 bits per heavy atom.